The fourth-order valence-corrected chi connectivity index (χ4v) is 3.73. The Bertz CT molecular complexity index is 396. The molecular weight excluding hydrogens is 313 g/mol. The van der Waals surface area contributed by atoms with Crippen LogP contribution in [-0.2, 0) is 0 Å². The Morgan fingerprint density at radius 1 is 1.00 bits per heavy atom. The summed E-state index contributed by atoms with van der Waals surface area (Å²) in [5, 5.41) is 11.5. The van der Waals surface area contributed by atoms with Crippen LogP contribution in [0.3, 0.4) is 0 Å². The molecule has 3 heteroatoms. The Hall–Kier alpha value is -0.263. The van der Waals surface area contributed by atoms with Gasteiger partial charge in [0.1, 0.15) is 0 Å². The van der Waals surface area contributed by atoms with Crippen molar-refractivity contribution in [3.63, 3.8) is 0 Å². The topological polar surface area (TPSA) is 23.5 Å². The van der Waals surface area contributed by atoms with Crippen LogP contribution in [0.2, 0.25) is 0 Å². The zero-order valence-corrected chi connectivity index (χ0v) is 18.3. The van der Waals surface area contributed by atoms with Crippen LogP contribution in [0.1, 0.15) is 85.5 Å². The molecule has 2 nitrogen and oxygen atoms in total. The average Bonchev–Trinajstić information content (AvgIpc) is 2.63. The Kier molecular flexibility index (Phi) is 14.6. The summed E-state index contributed by atoms with van der Waals surface area (Å²) < 4.78 is -0.00353. The molecule has 0 heterocycles. The summed E-state index contributed by atoms with van der Waals surface area (Å²) in [6.07, 6.45) is 19.5. The second kappa shape index (κ2) is 14.8. The molecule has 0 radical (unpaired) electrons. The summed E-state index contributed by atoms with van der Waals surface area (Å²) in [4.78, 5) is 2.65. The molecule has 0 fully saturated rings. The first-order chi connectivity index (χ1) is 12.4. The van der Waals surface area contributed by atoms with Crippen molar-refractivity contribution in [1.29, 1.82) is 0 Å². The van der Waals surface area contributed by atoms with E-state index in [0.29, 0.717) is 12.8 Å². The van der Waals surface area contributed by atoms with Crippen molar-refractivity contribution in [2.75, 3.05) is 13.1 Å². The predicted octanol–water partition coefficient (Wildman–Crippen LogP) is 5.77. The molecule has 26 heavy (non-hydrogen) atoms. The van der Waals surface area contributed by atoms with Gasteiger partial charge in [-0.15, -0.1) is 0 Å². The quantitative estimate of drug-likeness (QED) is 0.280. The Morgan fingerprint density at radius 3 is 1.88 bits per heavy atom. The molecule has 0 aliphatic heterocycles. The number of unbranched alkanes of at least 4 members (excludes halogenated alkanes) is 2. The minimum absolute atomic E-state index is 0.00353. The van der Waals surface area contributed by atoms with Crippen molar-refractivity contribution in [3.8, 4) is 0 Å². The van der Waals surface area contributed by atoms with Gasteiger partial charge in [-0.3, -0.25) is 0 Å². The predicted molar refractivity (Wildman–Crippen MR) is 118 cm³/mol. The third-order valence-corrected chi connectivity index (χ3v) is 5.39. The van der Waals surface area contributed by atoms with Gasteiger partial charge in [0.25, 0.3) is 0 Å². The van der Waals surface area contributed by atoms with Gasteiger partial charge in [-0.05, 0) is 0 Å². The standard InChI is InChI=1S/C23H42NO.Li/c1-6-11-16-22(24(19-14-9-4)20-15-10-5)21-23(25,17-12-7-2)18-13-8-3;/h6-8,12-13,25H,1,9-11,14-21H2,2-5H3;. The van der Waals surface area contributed by atoms with Crippen molar-refractivity contribution in [3.05, 3.63) is 37.0 Å². The first kappa shape index (κ1) is 25.7. The fourth-order valence-electron chi connectivity index (χ4n) is 3.73. The number of allylic oxidation sites excluding steroid dienone is 3. The molecule has 0 aromatic rings. The van der Waals surface area contributed by atoms with Gasteiger partial charge < -0.3 is 0 Å². The molecule has 0 aliphatic rings. The zero-order valence-electron chi connectivity index (χ0n) is 18.3. The molecular formula is C23H42LiNO. The minimum atomic E-state index is -0.689. The summed E-state index contributed by atoms with van der Waals surface area (Å²) in [5.41, 5.74) is -0.689. The van der Waals surface area contributed by atoms with E-state index in [2.05, 4.69) is 55.2 Å². The molecule has 0 spiro atoms. The molecule has 0 aromatic carbocycles. The van der Waals surface area contributed by atoms with Crippen molar-refractivity contribution >= 4 is 17.7 Å². The normalized spacial score (nSPS) is 17.1. The fraction of sp³-hybridized carbons (Fsp3) is 0.739. The molecule has 0 aliphatic carbocycles. The van der Waals surface area contributed by atoms with Crippen LogP contribution in [0.15, 0.2) is 37.0 Å². The van der Waals surface area contributed by atoms with Gasteiger partial charge in [0, 0.05) is 0 Å². The van der Waals surface area contributed by atoms with E-state index < -0.39 is 5.60 Å². The third-order valence-electron chi connectivity index (χ3n) is 5.39. The van der Waals surface area contributed by atoms with E-state index >= 15 is 0 Å². The molecule has 0 bridgehead atoms. The van der Waals surface area contributed by atoms with Crippen molar-refractivity contribution in [1.82, 2.24) is 4.90 Å². The van der Waals surface area contributed by atoms with E-state index in [4.69, 9.17) is 0 Å². The molecule has 0 rings (SSSR count). The van der Waals surface area contributed by atoms with E-state index in [1.165, 1.54) is 25.7 Å². The Labute approximate surface area is 173 Å². The summed E-state index contributed by atoms with van der Waals surface area (Å²) in [5.74, 6) is 0. The van der Waals surface area contributed by atoms with Gasteiger partial charge in [-0.2, -0.15) is 0 Å². The maximum absolute atomic E-state index is 11.5. The summed E-state index contributed by atoms with van der Waals surface area (Å²) in [6, 6.07) is 0. The van der Waals surface area contributed by atoms with Crippen LogP contribution in [0.5, 0.6) is 0 Å². The van der Waals surface area contributed by atoms with Gasteiger partial charge in [0.15, 0.2) is 0 Å². The van der Waals surface area contributed by atoms with Crippen LogP contribution < -0.4 is 0 Å². The second-order valence-electron chi connectivity index (χ2n) is 7.97. The van der Waals surface area contributed by atoms with Crippen LogP contribution in [0, 0.1) is 0 Å². The number of nitrogens with zero attached hydrogens (tertiary/aromatic N) is 1. The van der Waals surface area contributed by atoms with E-state index in [9.17, 15) is 5.11 Å². The number of hydrogen-bond acceptors (Lipinski definition) is 2. The summed E-state index contributed by atoms with van der Waals surface area (Å²) in [6.45, 7) is 14.8. The maximum atomic E-state index is 11.5. The van der Waals surface area contributed by atoms with Gasteiger partial charge >= 0.3 is 173 Å². The van der Waals surface area contributed by atoms with Crippen LogP contribution in [-0.4, -0.2) is 50.6 Å². The second-order valence-corrected chi connectivity index (χ2v) is 7.97. The number of aliphatic hydroxyl groups is 1. The first-order valence-corrected chi connectivity index (χ1v) is 10.7. The molecule has 0 saturated carbocycles. The van der Waals surface area contributed by atoms with Crippen molar-refractivity contribution < 1.29 is 5.11 Å². The van der Waals surface area contributed by atoms with E-state index in [-0.39, 0.29) is 4.21 Å². The number of rotatable bonds is 16. The van der Waals surface area contributed by atoms with Crippen molar-refractivity contribution in [2.24, 2.45) is 0 Å². The third kappa shape index (κ3) is 10.2. The van der Waals surface area contributed by atoms with Crippen LogP contribution >= 0.6 is 0 Å². The van der Waals surface area contributed by atoms with Crippen LogP contribution in [0.25, 0.3) is 0 Å². The molecule has 1 atom stereocenters. The molecule has 1 unspecified atom stereocenters. The SMILES string of the molecule is [Li][C](CCC=C)(CC(O)(CC=CC)CC=CC)N(CCCC)CCCC. The molecule has 146 valence electrons. The van der Waals surface area contributed by atoms with Gasteiger partial charge in [-0.1, -0.05) is 0 Å². The summed E-state index contributed by atoms with van der Waals surface area (Å²) >= 11 is 2.36. The zero-order chi connectivity index (χ0) is 19.9. The van der Waals surface area contributed by atoms with E-state index in [1.54, 1.807) is 0 Å². The first-order valence-electron chi connectivity index (χ1n) is 10.7. The van der Waals surface area contributed by atoms with E-state index in [0.717, 1.165) is 32.4 Å². The van der Waals surface area contributed by atoms with Gasteiger partial charge in [0.2, 0.25) is 0 Å². The van der Waals surface area contributed by atoms with Gasteiger partial charge in [0.05, 0.1) is 0 Å². The Morgan fingerprint density at radius 2 is 1.50 bits per heavy atom. The molecule has 0 saturated heterocycles. The number of hydrogen-bond donors (Lipinski definition) is 1. The summed E-state index contributed by atoms with van der Waals surface area (Å²) in [7, 11) is 0. The average molecular weight is 356 g/mol. The Balaban J connectivity index is 5.59. The van der Waals surface area contributed by atoms with Crippen LogP contribution in [0.4, 0.5) is 0 Å². The molecule has 0 aromatic heterocycles. The van der Waals surface area contributed by atoms with E-state index in [1.807, 2.05) is 32.1 Å². The molecule has 1 N–H and O–H groups in total. The monoisotopic (exact) mass is 355 g/mol. The van der Waals surface area contributed by atoms with Crippen molar-refractivity contribution in [2.45, 2.75) is 95.3 Å². The molecule has 0 amide bonds. The van der Waals surface area contributed by atoms with Gasteiger partial charge in [-0.25, -0.2) is 0 Å².